The SMILES string of the molecule is CC(C)OC(=O)N1CCC(Nc2nc(C(C)(C)C)ns2)CC1. The van der Waals surface area contributed by atoms with Gasteiger partial charge in [0.1, 0.15) is 5.82 Å². The predicted octanol–water partition coefficient (Wildman–Crippen LogP) is 3.26. The smallest absolute Gasteiger partial charge is 0.410 e. The molecule has 0 unspecified atom stereocenters. The van der Waals surface area contributed by atoms with E-state index in [4.69, 9.17) is 4.74 Å². The summed E-state index contributed by atoms with van der Waals surface area (Å²) in [5, 5.41) is 4.31. The molecule has 0 aromatic carbocycles. The fourth-order valence-electron chi connectivity index (χ4n) is 2.24. The van der Waals surface area contributed by atoms with Gasteiger partial charge in [0.2, 0.25) is 5.13 Å². The maximum Gasteiger partial charge on any atom is 0.410 e. The van der Waals surface area contributed by atoms with Crippen molar-refractivity contribution in [2.24, 2.45) is 0 Å². The summed E-state index contributed by atoms with van der Waals surface area (Å²) in [6.45, 7) is 11.5. The van der Waals surface area contributed by atoms with Gasteiger partial charge < -0.3 is 15.0 Å². The van der Waals surface area contributed by atoms with E-state index in [1.54, 1.807) is 4.90 Å². The second kappa shape index (κ2) is 6.81. The first kappa shape index (κ1) is 17.0. The number of nitrogens with one attached hydrogen (secondary N) is 1. The van der Waals surface area contributed by atoms with Crippen molar-refractivity contribution < 1.29 is 9.53 Å². The van der Waals surface area contributed by atoms with Crippen LogP contribution < -0.4 is 5.32 Å². The number of piperidine rings is 1. The van der Waals surface area contributed by atoms with Gasteiger partial charge >= 0.3 is 6.09 Å². The minimum atomic E-state index is -0.209. The molecular weight excluding hydrogens is 300 g/mol. The van der Waals surface area contributed by atoms with Crippen LogP contribution >= 0.6 is 11.5 Å². The lowest BCUT2D eigenvalue weighted by atomic mass is 9.96. The van der Waals surface area contributed by atoms with Crippen LogP contribution in [0.25, 0.3) is 0 Å². The zero-order valence-corrected chi connectivity index (χ0v) is 14.9. The lowest BCUT2D eigenvalue weighted by molar-refractivity contribution is 0.0701. The van der Waals surface area contributed by atoms with E-state index >= 15 is 0 Å². The molecular formula is C15H26N4O2S. The van der Waals surface area contributed by atoms with Crippen molar-refractivity contribution in [2.75, 3.05) is 18.4 Å². The Hall–Kier alpha value is -1.37. The topological polar surface area (TPSA) is 67.3 Å². The highest BCUT2D eigenvalue weighted by Gasteiger charge is 2.25. The Morgan fingerprint density at radius 1 is 1.36 bits per heavy atom. The molecule has 2 heterocycles. The van der Waals surface area contributed by atoms with Crippen LogP contribution in [0.2, 0.25) is 0 Å². The zero-order valence-electron chi connectivity index (χ0n) is 14.0. The highest BCUT2D eigenvalue weighted by Crippen LogP contribution is 2.24. The molecule has 1 amide bonds. The molecule has 0 atom stereocenters. The first-order chi connectivity index (χ1) is 10.3. The van der Waals surface area contributed by atoms with Gasteiger partial charge in [0.05, 0.1) is 6.10 Å². The molecule has 1 aromatic rings. The molecule has 6 nitrogen and oxygen atoms in total. The summed E-state index contributed by atoms with van der Waals surface area (Å²) in [5.41, 5.74) is -0.0274. The van der Waals surface area contributed by atoms with Crippen LogP contribution in [-0.2, 0) is 10.2 Å². The standard InChI is InChI=1S/C15H26N4O2S/c1-10(2)21-14(20)19-8-6-11(7-9-19)16-13-17-12(18-22-13)15(3,4)5/h10-11H,6-9H2,1-5H3,(H,16,17,18). The summed E-state index contributed by atoms with van der Waals surface area (Å²) in [6.07, 6.45) is 1.52. The molecule has 1 aromatic heterocycles. The number of aromatic nitrogens is 2. The third-order valence-electron chi connectivity index (χ3n) is 3.51. The normalized spacial score (nSPS) is 16.9. The van der Waals surface area contributed by atoms with Gasteiger partial charge in [0, 0.05) is 36.1 Å². The Kier molecular flexibility index (Phi) is 5.26. The Balaban J connectivity index is 1.82. The summed E-state index contributed by atoms with van der Waals surface area (Å²) < 4.78 is 9.64. The predicted molar refractivity (Wildman–Crippen MR) is 88.4 cm³/mol. The van der Waals surface area contributed by atoms with Crippen LogP contribution in [0.5, 0.6) is 0 Å². The van der Waals surface area contributed by atoms with Crippen molar-refractivity contribution in [3.05, 3.63) is 5.82 Å². The second-order valence-electron chi connectivity index (χ2n) is 7.01. The second-order valence-corrected chi connectivity index (χ2v) is 7.76. The van der Waals surface area contributed by atoms with E-state index in [-0.39, 0.29) is 17.6 Å². The van der Waals surface area contributed by atoms with E-state index in [1.807, 2.05) is 13.8 Å². The van der Waals surface area contributed by atoms with E-state index in [9.17, 15) is 4.79 Å². The fraction of sp³-hybridized carbons (Fsp3) is 0.800. The number of hydrogen-bond acceptors (Lipinski definition) is 6. The molecule has 7 heteroatoms. The number of nitrogens with zero attached hydrogens (tertiary/aromatic N) is 3. The largest absolute Gasteiger partial charge is 0.447 e. The van der Waals surface area contributed by atoms with Crippen LogP contribution in [-0.4, -0.2) is 45.6 Å². The molecule has 124 valence electrons. The molecule has 1 saturated heterocycles. The monoisotopic (exact) mass is 326 g/mol. The van der Waals surface area contributed by atoms with Gasteiger partial charge in [-0.3, -0.25) is 0 Å². The highest BCUT2D eigenvalue weighted by atomic mass is 32.1. The quantitative estimate of drug-likeness (QED) is 0.923. The van der Waals surface area contributed by atoms with Crippen molar-refractivity contribution in [2.45, 2.75) is 65.0 Å². The van der Waals surface area contributed by atoms with Crippen molar-refractivity contribution in [1.82, 2.24) is 14.3 Å². The van der Waals surface area contributed by atoms with Crippen LogP contribution in [0, 0.1) is 0 Å². The maximum atomic E-state index is 11.9. The summed E-state index contributed by atoms with van der Waals surface area (Å²) in [4.78, 5) is 18.2. The highest BCUT2D eigenvalue weighted by molar-refractivity contribution is 7.09. The van der Waals surface area contributed by atoms with E-state index in [0.29, 0.717) is 19.1 Å². The van der Waals surface area contributed by atoms with Crippen molar-refractivity contribution in [1.29, 1.82) is 0 Å². The van der Waals surface area contributed by atoms with Gasteiger partial charge in [-0.25, -0.2) is 9.78 Å². The third kappa shape index (κ3) is 4.56. The van der Waals surface area contributed by atoms with Crippen LogP contribution in [0.3, 0.4) is 0 Å². The molecule has 1 aliphatic heterocycles. The molecule has 0 aliphatic carbocycles. The number of rotatable bonds is 3. The summed E-state index contributed by atoms with van der Waals surface area (Å²) >= 11 is 1.41. The van der Waals surface area contributed by atoms with Gasteiger partial charge in [0.15, 0.2) is 0 Å². The number of ether oxygens (including phenoxy) is 1. The first-order valence-corrected chi connectivity index (χ1v) is 8.59. The van der Waals surface area contributed by atoms with E-state index < -0.39 is 0 Å². The lowest BCUT2D eigenvalue weighted by Crippen LogP contribution is -2.43. The van der Waals surface area contributed by atoms with Crippen LogP contribution in [0.1, 0.15) is 53.3 Å². The molecule has 0 bridgehead atoms. The Morgan fingerprint density at radius 2 is 2.00 bits per heavy atom. The summed E-state index contributed by atoms with van der Waals surface area (Å²) in [7, 11) is 0. The minimum absolute atomic E-state index is 0.0274. The van der Waals surface area contributed by atoms with Crippen LogP contribution in [0.4, 0.5) is 9.93 Å². The number of amides is 1. The average Bonchev–Trinajstić information content (AvgIpc) is 2.87. The Bertz CT molecular complexity index is 502. The fourth-order valence-corrected chi connectivity index (χ4v) is 3.08. The molecule has 1 N–H and O–H groups in total. The molecule has 22 heavy (non-hydrogen) atoms. The van der Waals surface area contributed by atoms with Gasteiger partial charge in [-0.05, 0) is 26.7 Å². The van der Waals surface area contributed by atoms with E-state index in [0.717, 1.165) is 23.8 Å². The molecule has 2 rings (SSSR count). The summed E-state index contributed by atoms with van der Waals surface area (Å²) in [6, 6.07) is 0.337. The van der Waals surface area contributed by atoms with E-state index in [2.05, 4.69) is 35.4 Å². The van der Waals surface area contributed by atoms with Gasteiger partial charge in [-0.2, -0.15) is 4.37 Å². The van der Waals surface area contributed by atoms with Gasteiger partial charge in [-0.15, -0.1) is 0 Å². The lowest BCUT2D eigenvalue weighted by Gasteiger charge is -2.32. The summed E-state index contributed by atoms with van der Waals surface area (Å²) in [5.74, 6) is 0.873. The molecule has 1 fully saturated rings. The van der Waals surface area contributed by atoms with Crippen molar-refractivity contribution >= 4 is 22.8 Å². The van der Waals surface area contributed by atoms with Crippen molar-refractivity contribution in [3.63, 3.8) is 0 Å². The molecule has 1 aliphatic rings. The van der Waals surface area contributed by atoms with Crippen molar-refractivity contribution in [3.8, 4) is 0 Å². The molecule has 0 radical (unpaired) electrons. The number of hydrogen-bond donors (Lipinski definition) is 1. The van der Waals surface area contributed by atoms with Crippen LogP contribution in [0.15, 0.2) is 0 Å². The zero-order chi connectivity index (χ0) is 16.3. The number of likely N-dealkylation sites (tertiary alicyclic amines) is 1. The van der Waals surface area contributed by atoms with E-state index in [1.165, 1.54) is 11.5 Å². The van der Waals surface area contributed by atoms with Gasteiger partial charge in [0.25, 0.3) is 0 Å². The Labute approximate surface area is 136 Å². The molecule has 0 saturated carbocycles. The maximum absolute atomic E-state index is 11.9. The third-order valence-corrected chi connectivity index (χ3v) is 4.16. The number of anilines is 1. The molecule has 0 spiro atoms. The minimum Gasteiger partial charge on any atom is -0.447 e. The first-order valence-electron chi connectivity index (χ1n) is 7.82. The van der Waals surface area contributed by atoms with Gasteiger partial charge in [-0.1, -0.05) is 20.8 Å². The number of carbonyl (C=O) groups excluding carboxylic acids is 1. The number of carbonyl (C=O) groups is 1. The average molecular weight is 326 g/mol. The Morgan fingerprint density at radius 3 is 2.50 bits per heavy atom.